The molecule has 1 aromatic heterocycles. The van der Waals surface area contributed by atoms with Gasteiger partial charge in [-0.3, -0.25) is 0 Å². The third-order valence-electron chi connectivity index (χ3n) is 3.42. The van der Waals surface area contributed by atoms with Crippen LogP contribution in [0.5, 0.6) is 5.75 Å². The zero-order chi connectivity index (χ0) is 15.7. The summed E-state index contributed by atoms with van der Waals surface area (Å²) in [6.45, 7) is 0. The highest BCUT2D eigenvalue weighted by molar-refractivity contribution is 9.10. The normalized spacial score (nSPS) is 10.6. The van der Waals surface area contributed by atoms with Crippen LogP contribution < -0.4 is 0 Å². The van der Waals surface area contributed by atoms with Crippen molar-refractivity contribution in [3.8, 4) is 16.9 Å². The number of nitrogens with zero attached hydrogens (tertiary/aromatic N) is 1. The fourth-order valence-electron chi connectivity index (χ4n) is 2.31. The summed E-state index contributed by atoms with van der Waals surface area (Å²) in [5.41, 5.74) is 2.42. The van der Waals surface area contributed by atoms with Crippen LogP contribution in [0.25, 0.3) is 21.9 Å². The van der Waals surface area contributed by atoms with Crippen LogP contribution in [0.2, 0.25) is 0 Å². The minimum atomic E-state index is 0.0321. The SMILES string of the molecule is COC(=S)c1nc(Br)c2cc(-c3ccccc3)ccc2c1O. The molecule has 0 aliphatic rings. The summed E-state index contributed by atoms with van der Waals surface area (Å²) in [6, 6.07) is 15.8. The number of ether oxygens (including phenoxy) is 1. The molecule has 0 bridgehead atoms. The van der Waals surface area contributed by atoms with E-state index < -0.39 is 0 Å². The molecule has 0 unspecified atom stereocenters. The lowest BCUT2D eigenvalue weighted by Crippen LogP contribution is -2.04. The maximum absolute atomic E-state index is 10.4. The van der Waals surface area contributed by atoms with Gasteiger partial charge in [-0.2, -0.15) is 0 Å². The molecule has 0 radical (unpaired) electrons. The first kappa shape index (κ1) is 14.9. The van der Waals surface area contributed by atoms with Gasteiger partial charge in [0, 0.05) is 10.8 Å². The van der Waals surface area contributed by atoms with Gasteiger partial charge in [-0.15, -0.1) is 0 Å². The molecule has 0 fully saturated rings. The Hall–Kier alpha value is -1.98. The molecule has 1 heterocycles. The smallest absolute Gasteiger partial charge is 0.213 e. The largest absolute Gasteiger partial charge is 0.505 e. The van der Waals surface area contributed by atoms with E-state index in [0.717, 1.165) is 16.5 Å². The molecule has 3 aromatic rings. The fraction of sp³-hybridized carbons (Fsp3) is 0.0588. The molecule has 0 spiro atoms. The summed E-state index contributed by atoms with van der Waals surface area (Å²) in [7, 11) is 1.46. The van der Waals surface area contributed by atoms with Crippen molar-refractivity contribution in [3.05, 3.63) is 58.8 Å². The quantitative estimate of drug-likeness (QED) is 0.522. The van der Waals surface area contributed by atoms with Gasteiger partial charge in [0.15, 0.2) is 11.4 Å². The van der Waals surface area contributed by atoms with Gasteiger partial charge in [-0.1, -0.05) is 36.4 Å². The monoisotopic (exact) mass is 373 g/mol. The molecule has 0 saturated carbocycles. The van der Waals surface area contributed by atoms with Gasteiger partial charge in [0.2, 0.25) is 5.05 Å². The van der Waals surface area contributed by atoms with Crippen LogP contribution in [0.3, 0.4) is 0 Å². The van der Waals surface area contributed by atoms with Crippen LogP contribution in [0, 0.1) is 0 Å². The molecule has 0 aliphatic carbocycles. The second-order valence-electron chi connectivity index (χ2n) is 4.72. The van der Waals surface area contributed by atoms with Crippen LogP contribution in [-0.4, -0.2) is 22.3 Å². The van der Waals surface area contributed by atoms with Crippen LogP contribution in [-0.2, 0) is 4.74 Å². The molecule has 3 rings (SSSR count). The maximum Gasteiger partial charge on any atom is 0.213 e. The van der Waals surface area contributed by atoms with Crippen LogP contribution >= 0.6 is 28.1 Å². The van der Waals surface area contributed by atoms with Crippen molar-refractivity contribution in [2.45, 2.75) is 0 Å². The van der Waals surface area contributed by atoms with Crippen molar-refractivity contribution in [2.24, 2.45) is 0 Å². The second kappa shape index (κ2) is 6.02. The van der Waals surface area contributed by atoms with Crippen molar-refractivity contribution in [1.82, 2.24) is 4.98 Å². The summed E-state index contributed by atoms with van der Waals surface area (Å²) >= 11 is 8.52. The Bertz CT molecular complexity index is 865. The summed E-state index contributed by atoms with van der Waals surface area (Å²) < 4.78 is 5.62. The molecule has 0 atom stereocenters. The molecule has 22 heavy (non-hydrogen) atoms. The molecular weight excluding hydrogens is 362 g/mol. The lowest BCUT2D eigenvalue weighted by atomic mass is 10.0. The molecule has 5 heteroatoms. The molecule has 0 amide bonds. The Morgan fingerprint density at radius 2 is 1.82 bits per heavy atom. The number of benzene rings is 2. The van der Waals surface area contributed by atoms with Gasteiger partial charge < -0.3 is 9.84 Å². The van der Waals surface area contributed by atoms with Crippen molar-refractivity contribution < 1.29 is 9.84 Å². The highest BCUT2D eigenvalue weighted by Crippen LogP contribution is 2.35. The first-order valence-electron chi connectivity index (χ1n) is 6.58. The minimum absolute atomic E-state index is 0.0321. The van der Waals surface area contributed by atoms with Gasteiger partial charge in [0.25, 0.3) is 0 Å². The Kier molecular flexibility index (Phi) is 4.09. The van der Waals surface area contributed by atoms with E-state index in [9.17, 15) is 5.11 Å². The van der Waals surface area contributed by atoms with Gasteiger partial charge in [-0.05, 0) is 51.4 Å². The van der Waals surface area contributed by atoms with E-state index in [0.29, 0.717) is 9.99 Å². The molecule has 0 aliphatic heterocycles. The Balaban J connectivity index is 2.23. The maximum atomic E-state index is 10.4. The number of thiocarbonyl (C=S) groups is 1. The number of aromatic nitrogens is 1. The molecule has 3 nitrogen and oxygen atoms in total. The molecule has 0 saturated heterocycles. The topological polar surface area (TPSA) is 42.4 Å². The van der Waals surface area contributed by atoms with E-state index in [1.807, 2.05) is 48.5 Å². The van der Waals surface area contributed by atoms with Crippen molar-refractivity contribution in [2.75, 3.05) is 7.11 Å². The van der Waals surface area contributed by atoms with Crippen molar-refractivity contribution >= 4 is 44.0 Å². The predicted molar refractivity (Wildman–Crippen MR) is 95.3 cm³/mol. The zero-order valence-corrected chi connectivity index (χ0v) is 14.1. The Labute approximate surface area is 141 Å². The summed E-state index contributed by atoms with van der Waals surface area (Å²) in [4.78, 5) is 4.31. The minimum Gasteiger partial charge on any atom is -0.505 e. The standard InChI is InChI=1S/C17H12BrNO2S/c1-21-17(22)14-15(20)12-8-7-11(9-13(12)16(18)19-14)10-5-3-2-4-6-10/h2-9,20H,1H3. The average Bonchev–Trinajstić information content (AvgIpc) is 2.57. The average molecular weight is 374 g/mol. The number of methoxy groups -OCH3 is 1. The van der Waals surface area contributed by atoms with E-state index in [1.165, 1.54) is 7.11 Å². The highest BCUT2D eigenvalue weighted by Gasteiger charge is 2.16. The van der Waals surface area contributed by atoms with E-state index in [4.69, 9.17) is 17.0 Å². The summed E-state index contributed by atoms with van der Waals surface area (Å²) in [5, 5.41) is 12.0. The predicted octanol–water partition coefficient (Wildman–Crippen LogP) is 4.69. The van der Waals surface area contributed by atoms with E-state index in [-0.39, 0.29) is 16.5 Å². The number of hydrogen-bond acceptors (Lipinski definition) is 4. The zero-order valence-electron chi connectivity index (χ0n) is 11.7. The van der Waals surface area contributed by atoms with E-state index in [2.05, 4.69) is 20.9 Å². The first-order chi connectivity index (χ1) is 10.6. The van der Waals surface area contributed by atoms with Gasteiger partial charge >= 0.3 is 0 Å². The third-order valence-corrected chi connectivity index (χ3v) is 4.38. The molecular formula is C17H12BrNO2S. The van der Waals surface area contributed by atoms with Crippen LogP contribution in [0.4, 0.5) is 0 Å². The molecule has 1 N–H and O–H groups in total. The lowest BCUT2D eigenvalue weighted by molar-refractivity contribution is 0.409. The number of hydrogen-bond donors (Lipinski definition) is 1. The van der Waals surface area contributed by atoms with Crippen LogP contribution in [0.15, 0.2) is 53.1 Å². The Morgan fingerprint density at radius 1 is 1.09 bits per heavy atom. The van der Waals surface area contributed by atoms with E-state index in [1.54, 1.807) is 0 Å². The first-order valence-corrected chi connectivity index (χ1v) is 7.78. The third kappa shape index (κ3) is 2.58. The van der Waals surface area contributed by atoms with Gasteiger partial charge in [0.05, 0.1) is 7.11 Å². The highest BCUT2D eigenvalue weighted by atomic mass is 79.9. The van der Waals surface area contributed by atoms with Gasteiger partial charge in [0.1, 0.15) is 4.60 Å². The fourth-order valence-corrected chi connectivity index (χ4v) is 2.96. The van der Waals surface area contributed by atoms with Gasteiger partial charge in [-0.25, -0.2) is 4.98 Å². The Morgan fingerprint density at radius 3 is 2.50 bits per heavy atom. The number of fused-ring (bicyclic) bond motifs is 1. The molecule has 110 valence electrons. The summed E-state index contributed by atoms with van der Waals surface area (Å²) in [6.07, 6.45) is 0. The number of rotatable bonds is 2. The van der Waals surface area contributed by atoms with Crippen LogP contribution in [0.1, 0.15) is 5.69 Å². The lowest BCUT2D eigenvalue weighted by Gasteiger charge is -2.11. The van der Waals surface area contributed by atoms with E-state index >= 15 is 0 Å². The summed E-state index contributed by atoms with van der Waals surface area (Å²) in [5.74, 6) is 0.0321. The van der Waals surface area contributed by atoms with Crippen molar-refractivity contribution in [3.63, 3.8) is 0 Å². The number of pyridine rings is 1. The molecule has 2 aromatic carbocycles. The van der Waals surface area contributed by atoms with Crippen molar-refractivity contribution in [1.29, 1.82) is 0 Å². The number of halogens is 1. The second-order valence-corrected chi connectivity index (χ2v) is 5.84. The number of aromatic hydroxyl groups is 1.